The summed E-state index contributed by atoms with van der Waals surface area (Å²) in [6.07, 6.45) is 1.62. The Morgan fingerprint density at radius 2 is 2.14 bits per heavy atom. The number of esters is 1. The first-order valence-corrected chi connectivity index (χ1v) is 9.23. The molecule has 9 heteroatoms. The molecule has 28 heavy (non-hydrogen) atoms. The van der Waals surface area contributed by atoms with Crippen LogP contribution in [0.1, 0.15) is 20.2 Å². The zero-order valence-electron chi connectivity index (χ0n) is 14.9. The van der Waals surface area contributed by atoms with Crippen LogP contribution in [0.5, 0.6) is 5.75 Å². The number of nitrogens with two attached hydrogens (primary N) is 1. The third kappa shape index (κ3) is 3.60. The molecule has 1 aliphatic heterocycles. The van der Waals surface area contributed by atoms with Gasteiger partial charge in [0.05, 0.1) is 25.0 Å². The number of fused-ring (bicyclic) bond motifs is 1. The molecule has 8 nitrogen and oxygen atoms in total. The minimum Gasteiger partial charge on any atom is -0.465 e. The zero-order chi connectivity index (χ0) is 19.5. The third-order valence-corrected chi connectivity index (χ3v) is 5.06. The number of hydrogen-bond donors (Lipinski definition) is 3. The first-order chi connectivity index (χ1) is 13.6. The van der Waals surface area contributed by atoms with Gasteiger partial charge in [0.25, 0.3) is 0 Å². The smallest absolute Gasteiger partial charge is 0.348 e. The highest BCUT2D eigenvalue weighted by Crippen LogP contribution is 2.34. The largest absolute Gasteiger partial charge is 0.465 e. The SMILES string of the molecule is COC(=O)c1ccc(CNc2nccc(/C(N)=C3/Nc4ccccc4O3)n2)s1. The number of aromatic nitrogens is 2. The predicted octanol–water partition coefficient (Wildman–Crippen LogP) is 3.03. The molecule has 4 N–H and O–H groups in total. The topological polar surface area (TPSA) is 111 Å². The number of para-hydroxylation sites is 2. The van der Waals surface area contributed by atoms with Crippen molar-refractivity contribution >= 4 is 34.6 Å². The van der Waals surface area contributed by atoms with Crippen molar-refractivity contribution < 1.29 is 14.3 Å². The second kappa shape index (κ2) is 7.57. The summed E-state index contributed by atoms with van der Waals surface area (Å²) in [6.45, 7) is 0.474. The molecule has 4 rings (SSSR count). The minimum atomic E-state index is -0.348. The van der Waals surface area contributed by atoms with Gasteiger partial charge >= 0.3 is 5.97 Å². The molecule has 0 fully saturated rings. The molecule has 2 aromatic heterocycles. The van der Waals surface area contributed by atoms with Gasteiger partial charge in [0.2, 0.25) is 11.8 Å². The highest BCUT2D eigenvalue weighted by Gasteiger charge is 2.20. The van der Waals surface area contributed by atoms with Gasteiger partial charge in [0.1, 0.15) is 10.6 Å². The Hall–Kier alpha value is -3.59. The van der Waals surface area contributed by atoms with E-state index in [0.717, 1.165) is 10.6 Å². The first kappa shape index (κ1) is 17.8. The van der Waals surface area contributed by atoms with Crippen LogP contribution in [0.4, 0.5) is 11.6 Å². The number of nitrogens with zero attached hydrogens (tertiary/aromatic N) is 2. The van der Waals surface area contributed by atoms with E-state index in [2.05, 4.69) is 20.6 Å². The van der Waals surface area contributed by atoms with E-state index in [1.165, 1.54) is 18.4 Å². The van der Waals surface area contributed by atoms with Crippen molar-refractivity contribution in [2.24, 2.45) is 5.73 Å². The molecule has 0 radical (unpaired) electrons. The molecule has 0 amide bonds. The van der Waals surface area contributed by atoms with Gasteiger partial charge in [-0.05, 0) is 30.3 Å². The summed E-state index contributed by atoms with van der Waals surface area (Å²) in [7, 11) is 1.36. The number of benzene rings is 1. The van der Waals surface area contributed by atoms with Crippen molar-refractivity contribution in [3.63, 3.8) is 0 Å². The monoisotopic (exact) mass is 395 g/mol. The molecule has 0 aliphatic carbocycles. The van der Waals surface area contributed by atoms with E-state index in [4.69, 9.17) is 15.2 Å². The zero-order valence-corrected chi connectivity index (χ0v) is 15.7. The molecule has 3 aromatic rings. The number of methoxy groups -OCH3 is 1. The van der Waals surface area contributed by atoms with E-state index in [1.807, 2.05) is 30.3 Å². The van der Waals surface area contributed by atoms with Crippen LogP contribution in [0.3, 0.4) is 0 Å². The predicted molar refractivity (Wildman–Crippen MR) is 107 cm³/mol. The fourth-order valence-electron chi connectivity index (χ4n) is 2.60. The summed E-state index contributed by atoms with van der Waals surface area (Å²) in [5.74, 6) is 1.22. The van der Waals surface area contributed by atoms with Crippen LogP contribution >= 0.6 is 11.3 Å². The summed E-state index contributed by atoms with van der Waals surface area (Å²) >= 11 is 1.35. The lowest BCUT2D eigenvalue weighted by molar-refractivity contribution is 0.0606. The molecule has 0 spiro atoms. The van der Waals surface area contributed by atoms with Crippen LogP contribution in [-0.2, 0) is 11.3 Å². The van der Waals surface area contributed by atoms with E-state index in [-0.39, 0.29) is 5.97 Å². The van der Waals surface area contributed by atoms with Crippen molar-refractivity contribution in [1.29, 1.82) is 0 Å². The Balaban J connectivity index is 1.47. The Kier molecular flexibility index (Phi) is 4.81. The summed E-state index contributed by atoms with van der Waals surface area (Å²) < 4.78 is 10.5. The fraction of sp³-hybridized carbons (Fsp3) is 0.105. The van der Waals surface area contributed by atoms with Crippen molar-refractivity contribution in [2.45, 2.75) is 6.54 Å². The van der Waals surface area contributed by atoms with Gasteiger partial charge in [-0.15, -0.1) is 11.3 Å². The number of rotatable bonds is 5. The second-order valence-electron chi connectivity index (χ2n) is 5.84. The first-order valence-electron chi connectivity index (χ1n) is 8.42. The molecule has 1 aromatic carbocycles. The number of carbonyl (C=O) groups excluding carboxylic acids is 1. The van der Waals surface area contributed by atoms with E-state index in [1.54, 1.807) is 18.3 Å². The Morgan fingerprint density at radius 3 is 2.96 bits per heavy atom. The number of anilines is 2. The maximum atomic E-state index is 11.5. The number of thiophene rings is 1. The van der Waals surface area contributed by atoms with E-state index in [9.17, 15) is 4.79 Å². The average Bonchev–Trinajstić information content (AvgIpc) is 3.38. The van der Waals surface area contributed by atoms with E-state index >= 15 is 0 Å². The summed E-state index contributed by atoms with van der Waals surface area (Å²) in [6, 6.07) is 12.9. The van der Waals surface area contributed by atoms with Crippen LogP contribution in [0.15, 0.2) is 54.5 Å². The maximum absolute atomic E-state index is 11.5. The summed E-state index contributed by atoms with van der Waals surface area (Å²) in [4.78, 5) is 21.7. The van der Waals surface area contributed by atoms with E-state index in [0.29, 0.717) is 40.4 Å². The molecule has 0 bridgehead atoms. The van der Waals surface area contributed by atoms with Crippen LogP contribution < -0.4 is 21.1 Å². The lowest BCUT2D eigenvalue weighted by atomic mass is 10.3. The number of nitrogens with one attached hydrogen (secondary N) is 2. The van der Waals surface area contributed by atoms with Gasteiger partial charge < -0.3 is 25.8 Å². The van der Waals surface area contributed by atoms with Crippen LogP contribution in [0.25, 0.3) is 5.70 Å². The van der Waals surface area contributed by atoms with Crippen LogP contribution in [-0.4, -0.2) is 23.0 Å². The summed E-state index contributed by atoms with van der Waals surface area (Å²) in [5.41, 5.74) is 8.00. The van der Waals surface area contributed by atoms with Gasteiger partial charge in [-0.25, -0.2) is 14.8 Å². The minimum absolute atomic E-state index is 0.348. The molecule has 0 atom stereocenters. The highest BCUT2D eigenvalue weighted by atomic mass is 32.1. The van der Waals surface area contributed by atoms with Crippen molar-refractivity contribution in [3.05, 3.63) is 70.0 Å². The second-order valence-corrected chi connectivity index (χ2v) is 7.01. The van der Waals surface area contributed by atoms with Crippen LogP contribution in [0.2, 0.25) is 0 Å². The molecule has 0 saturated carbocycles. The molecule has 0 saturated heterocycles. The maximum Gasteiger partial charge on any atom is 0.348 e. The van der Waals surface area contributed by atoms with Crippen molar-refractivity contribution in [3.8, 4) is 5.75 Å². The molecular weight excluding hydrogens is 378 g/mol. The van der Waals surface area contributed by atoms with E-state index < -0.39 is 0 Å². The Bertz CT molecular complexity index is 1040. The van der Waals surface area contributed by atoms with Gasteiger partial charge in [0, 0.05) is 11.1 Å². The van der Waals surface area contributed by atoms with Crippen molar-refractivity contribution in [1.82, 2.24) is 9.97 Å². The Morgan fingerprint density at radius 1 is 1.29 bits per heavy atom. The standard InChI is InChI=1S/C19H17N5O3S/c1-26-18(25)15-7-6-11(28-15)10-22-19-21-9-8-13(24-19)16(20)17-23-12-4-2-3-5-14(12)27-17/h2-9,23H,10,20H2,1H3,(H,21,22,24)/b17-16+. The lowest BCUT2D eigenvalue weighted by Crippen LogP contribution is -2.11. The summed E-state index contributed by atoms with van der Waals surface area (Å²) in [5, 5.41) is 6.27. The molecule has 0 unspecified atom stereocenters. The lowest BCUT2D eigenvalue weighted by Gasteiger charge is -2.08. The van der Waals surface area contributed by atoms with Gasteiger partial charge in [0.15, 0.2) is 5.75 Å². The third-order valence-electron chi connectivity index (χ3n) is 3.99. The van der Waals surface area contributed by atoms with Gasteiger partial charge in [-0.3, -0.25) is 0 Å². The Labute approximate surface area is 165 Å². The van der Waals surface area contributed by atoms with Gasteiger partial charge in [-0.1, -0.05) is 12.1 Å². The number of carbonyl (C=O) groups is 1. The van der Waals surface area contributed by atoms with Gasteiger partial charge in [-0.2, -0.15) is 0 Å². The van der Waals surface area contributed by atoms with Crippen LogP contribution in [0, 0.1) is 0 Å². The normalized spacial score (nSPS) is 13.9. The van der Waals surface area contributed by atoms with Crippen molar-refractivity contribution in [2.75, 3.05) is 17.7 Å². The molecular formula is C19H17N5O3S. The molecule has 142 valence electrons. The number of hydrogen-bond acceptors (Lipinski definition) is 9. The quantitative estimate of drug-likeness (QED) is 0.565. The fourth-order valence-corrected chi connectivity index (χ4v) is 3.46. The number of ether oxygens (including phenoxy) is 2. The highest BCUT2D eigenvalue weighted by molar-refractivity contribution is 7.13. The average molecular weight is 395 g/mol. The molecule has 1 aliphatic rings. The molecule has 3 heterocycles.